The molecular formula is C21H17Cl2N5O2. The SMILES string of the molecule is O=c1c2nn(-c3ccccc3Cl)c(-c3ccc(Cl)cc3)c2ncn1N1CCOCC1. The molecule has 1 aliphatic heterocycles. The predicted octanol–water partition coefficient (Wildman–Crippen LogP) is 3.52. The second kappa shape index (κ2) is 7.75. The quantitative estimate of drug-likeness (QED) is 0.486. The zero-order valence-corrected chi connectivity index (χ0v) is 17.3. The molecule has 5 rings (SSSR count). The molecule has 0 amide bonds. The maximum Gasteiger partial charge on any atom is 0.300 e. The van der Waals surface area contributed by atoms with Crippen molar-refractivity contribution in [1.82, 2.24) is 19.4 Å². The highest BCUT2D eigenvalue weighted by Crippen LogP contribution is 2.31. The highest BCUT2D eigenvalue weighted by molar-refractivity contribution is 6.32. The normalized spacial score (nSPS) is 14.4. The molecule has 1 aliphatic rings. The summed E-state index contributed by atoms with van der Waals surface area (Å²) in [4.78, 5) is 17.9. The Morgan fingerprint density at radius 1 is 0.933 bits per heavy atom. The van der Waals surface area contributed by atoms with Crippen LogP contribution < -0.4 is 10.6 Å². The van der Waals surface area contributed by atoms with E-state index in [4.69, 9.17) is 27.9 Å². The molecule has 0 aliphatic carbocycles. The summed E-state index contributed by atoms with van der Waals surface area (Å²) in [6.45, 7) is 2.36. The van der Waals surface area contributed by atoms with Gasteiger partial charge in [0, 0.05) is 10.6 Å². The Hall–Kier alpha value is -2.87. The van der Waals surface area contributed by atoms with Crippen molar-refractivity contribution >= 4 is 34.2 Å². The van der Waals surface area contributed by atoms with Gasteiger partial charge in [-0.15, -0.1) is 0 Å². The largest absolute Gasteiger partial charge is 0.378 e. The second-order valence-electron chi connectivity index (χ2n) is 6.88. The van der Waals surface area contributed by atoms with Gasteiger partial charge in [-0.1, -0.05) is 47.5 Å². The molecule has 0 radical (unpaired) electrons. The van der Waals surface area contributed by atoms with Gasteiger partial charge in [0.1, 0.15) is 17.5 Å². The van der Waals surface area contributed by atoms with Crippen molar-refractivity contribution in [2.75, 3.05) is 31.3 Å². The van der Waals surface area contributed by atoms with Crippen molar-refractivity contribution in [1.29, 1.82) is 0 Å². The van der Waals surface area contributed by atoms with Crippen LogP contribution in [0.4, 0.5) is 0 Å². The minimum absolute atomic E-state index is 0.233. The summed E-state index contributed by atoms with van der Waals surface area (Å²) >= 11 is 12.5. The van der Waals surface area contributed by atoms with Crippen LogP contribution in [0.3, 0.4) is 0 Å². The van der Waals surface area contributed by atoms with Gasteiger partial charge < -0.3 is 9.75 Å². The van der Waals surface area contributed by atoms with Crippen LogP contribution in [0.2, 0.25) is 10.0 Å². The van der Waals surface area contributed by atoms with Crippen molar-refractivity contribution < 1.29 is 4.74 Å². The number of nitrogens with zero attached hydrogens (tertiary/aromatic N) is 5. The number of hydrogen-bond donors (Lipinski definition) is 0. The molecule has 0 N–H and O–H groups in total. The zero-order valence-electron chi connectivity index (χ0n) is 15.8. The number of hydrogen-bond acceptors (Lipinski definition) is 5. The van der Waals surface area contributed by atoms with E-state index in [-0.39, 0.29) is 11.1 Å². The Morgan fingerprint density at radius 2 is 1.67 bits per heavy atom. The molecular weight excluding hydrogens is 425 g/mol. The Bertz CT molecular complexity index is 1280. The maximum absolute atomic E-state index is 13.3. The molecule has 0 spiro atoms. The summed E-state index contributed by atoms with van der Waals surface area (Å²) in [7, 11) is 0. The fourth-order valence-corrected chi connectivity index (χ4v) is 3.93. The van der Waals surface area contributed by atoms with Crippen LogP contribution in [0.5, 0.6) is 0 Å². The lowest BCUT2D eigenvalue weighted by molar-refractivity contribution is 0.110. The van der Waals surface area contributed by atoms with Gasteiger partial charge in [0.15, 0.2) is 5.52 Å². The number of para-hydroxylation sites is 1. The minimum atomic E-state index is -0.233. The van der Waals surface area contributed by atoms with E-state index in [1.165, 1.54) is 4.68 Å². The zero-order chi connectivity index (χ0) is 20.7. The first-order valence-corrected chi connectivity index (χ1v) is 10.2. The summed E-state index contributed by atoms with van der Waals surface area (Å²) in [6, 6.07) is 14.7. The second-order valence-corrected chi connectivity index (χ2v) is 7.72. The lowest BCUT2D eigenvalue weighted by Gasteiger charge is -2.29. The predicted molar refractivity (Wildman–Crippen MR) is 117 cm³/mol. The summed E-state index contributed by atoms with van der Waals surface area (Å²) in [5.74, 6) is 0. The smallest absolute Gasteiger partial charge is 0.300 e. The van der Waals surface area contributed by atoms with Gasteiger partial charge in [-0.05, 0) is 24.3 Å². The van der Waals surface area contributed by atoms with Crippen molar-refractivity contribution in [3.63, 3.8) is 0 Å². The van der Waals surface area contributed by atoms with Crippen LogP contribution in [0.15, 0.2) is 59.7 Å². The van der Waals surface area contributed by atoms with E-state index in [1.807, 2.05) is 35.3 Å². The van der Waals surface area contributed by atoms with Gasteiger partial charge in [-0.3, -0.25) is 4.79 Å². The van der Waals surface area contributed by atoms with Crippen LogP contribution in [0.25, 0.3) is 28.0 Å². The van der Waals surface area contributed by atoms with Crippen LogP contribution >= 0.6 is 23.2 Å². The number of halogens is 2. The lowest BCUT2D eigenvalue weighted by atomic mass is 10.1. The summed E-state index contributed by atoms with van der Waals surface area (Å²) in [5.41, 5.74) is 2.72. The Balaban J connectivity index is 1.78. The topological polar surface area (TPSA) is 65.2 Å². The van der Waals surface area contributed by atoms with Crippen LogP contribution in [-0.2, 0) is 4.74 Å². The fourth-order valence-electron chi connectivity index (χ4n) is 3.58. The molecule has 152 valence electrons. The summed E-state index contributed by atoms with van der Waals surface area (Å²) in [5, 5.41) is 7.70. The van der Waals surface area contributed by atoms with Crippen LogP contribution in [-0.4, -0.2) is 45.7 Å². The molecule has 0 saturated carbocycles. The molecule has 4 aromatic rings. The molecule has 0 atom stereocenters. The Labute approximate surface area is 182 Å². The molecule has 3 heterocycles. The number of benzene rings is 2. The average Bonchev–Trinajstić information content (AvgIpc) is 3.16. The van der Waals surface area contributed by atoms with Crippen molar-refractivity contribution in [3.05, 3.63) is 75.3 Å². The molecule has 2 aromatic heterocycles. The molecule has 30 heavy (non-hydrogen) atoms. The molecule has 0 unspecified atom stereocenters. The maximum atomic E-state index is 13.3. The van der Waals surface area contributed by atoms with E-state index in [2.05, 4.69) is 10.1 Å². The molecule has 1 fully saturated rings. The molecule has 7 nitrogen and oxygen atoms in total. The lowest BCUT2D eigenvalue weighted by Crippen LogP contribution is -2.48. The average molecular weight is 442 g/mol. The van der Waals surface area contributed by atoms with Gasteiger partial charge in [-0.2, -0.15) is 5.10 Å². The van der Waals surface area contributed by atoms with E-state index >= 15 is 0 Å². The summed E-state index contributed by atoms with van der Waals surface area (Å²) in [6.07, 6.45) is 1.55. The van der Waals surface area contributed by atoms with Crippen molar-refractivity contribution in [2.24, 2.45) is 0 Å². The highest BCUT2D eigenvalue weighted by Gasteiger charge is 2.22. The minimum Gasteiger partial charge on any atom is -0.378 e. The van der Waals surface area contributed by atoms with E-state index in [9.17, 15) is 4.79 Å². The first-order chi connectivity index (χ1) is 14.6. The van der Waals surface area contributed by atoms with Gasteiger partial charge in [0.25, 0.3) is 5.56 Å². The van der Waals surface area contributed by atoms with Gasteiger partial charge >= 0.3 is 0 Å². The molecule has 9 heteroatoms. The molecule has 1 saturated heterocycles. The van der Waals surface area contributed by atoms with E-state index in [0.717, 1.165) is 5.56 Å². The Morgan fingerprint density at radius 3 is 2.40 bits per heavy atom. The van der Waals surface area contributed by atoms with Gasteiger partial charge in [0.05, 0.1) is 37.0 Å². The third kappa shape index (κ3) is 3.25. The number of rotatable bonds is 3. The fraction of sp³-hybridized carbons (Fsp3) is 0.190. The van der Waals surface area contributed by atoms with Crippen molar-refractivity contribution in [3.8, 4) is 16.9 Å². The third-order valence-electron chi connectivity index (χ3n) is 5.06. The monoisotopic (exact) mass is 441 g/mol. The molecule has 0 bridgehead atoms. The highest BCUT2D eigenvalue weighted by atomic mass is 35.5. The Kier molecular flexibility index (Phi) is 4.94. The first-order valence-electron chi connectivity index (χ1n) is 9.48. The van der Waals surface area contributed by atoms with E-state index in [0.29, 0.717) is 53.2 Å². The van der Waals surface area contributed by atoms with Crippen molar-refractivity contribution in [2.45, 2.75) is 0 Å². The van der Waals surface area contributed by atoms with Crippen LogP contribution in [0.1, 0.15) is 0 Å². The van der Waals surface area contributed by atoms with E-state index in [1.54, 1.807) is 29.2 Å². The third-order valence-corrected chi connectivity index (χ3v) is 5.63. The first kappa shape index (κ1) is 19.1. The number of ether oxygens (including phenoxy) is 1. The number of morpholine rings is 1. The van der Waals surface area contributed by atoms with E-state index < -0.39 is 0 Å². The van der Waals surface area contributed by atoms with Gasteiger partial charge in [-0.25, -0.2) is 14.3 Å². The molecule has 2 aromatic carbocycles. The van der Waals surface area contributed by atoms with Gasteiger partial charge in [0.2, 0.25) is 0 Å². The van der Waals surface area contributed by atoms with Crippen LogP contribution in [0, 0.1) is 0 Å². The standard InChI is InChI=1S/C21H17Cl2N5O2/c22-15-7-5-14(6-8-15)20-18-19(25-28(20)17-4-2-1-3-16(17)23)21(29)27(13-24-18)26-9-11-30-12-10-26/h1-8,13H,9-12H2. The number of fused-ring (bicyclic) bond motifs is 1. The summed E-state index contributed by atoms with van der Waals surface area (Å²) < 4.78 is 8.58. The number of aromatic nitrogens is 4.